The number of rotatable bonds is 4. The van der Waals surface area contributed by atoms with E-state index in [0.717, 1.165) is 24.3 Å². The average Bonchev–Trinajstić information content (AvgIpc) is 2.55. The molecule has 0 aliphatic heterocycles. The zero-order valence-corrected chi connectivity index (χ0v) is 14.5. The minimum Gasteiger partial charge on any atom is -0.478 e. The second-order valence-electron chi connectivity index (χ2n) is 5.27. The Bertz CT molecular complexity index is 916. The Morgan fingerprint density at radius 1 is 1.23 bits per heavy atom. The van der Waals surface area contributed by atoms with E-state index in [1.807, 2.05) is 0 Å². The van der Waals surface area contributed by atoms with Gasteiger partial charge < -0.3 is 5.11 Å². The van der Waals surface area contributed by atoms with Crippen molar-refractivity contribution in [3.8, 4) is 6.07 Å². The van der Waals surface area contributed by atoms with Gasteiger partial charge in [0, 0.05) is 4.47 Å². The molecule has 134 valence electrons. The molecule has 0 aliphatic rings. The molecule has 0 heterocycles. The van der Waals surface area contributed by atoms with Crippen molar-refractivity contribution >= 4 is 28.0 Å². The smallest absolute Gasteiger partial charge is 0.399 e. The fourth-order valence-corrected chi connectivity index (χ4v) is 2.81. The van der Waals surface area contributed by atoms with E-state index in [-0.39, 0.29) is 15.6 Å². The highest BCUT2D eigenvalue weighted by atomic mass is 79.9. The van der Waals surface area contributed by atoms with Crippen LogP contribution in [0.4, 0.5) is 17.6 Å². The van der Waals surface area contributed by atoms with Crippen LogP contribution >= 0.6 is 15.9 Å². The summed E-state index contributed by atoms with van der Waals surface area (Å²) in [6, 6.07) is 8.17. The molecular weight excluding hydrogens is 418 g/mol. The summed E-state index contributed by atoms with van der Waals surface area (Å²) in [4.78, 5) is 10.9. The van der Waals surface area contributed by atoms with Gasteiger partial charge >= 0.3 is 12.1 Å². The Morgan fingerprint density at radius 2 is 1.92 bits per heavy atom. The zero-order valence-electron chi connectivity index (χ0n) is 12.9. The molecule has 0 amide bonds. The predicted molar refractivity (Wildman–Crippen MR) is 90.0 cm³/mol. The van der Waals surface area contributed by atoms with Gasteiger partial charge in [-0.2, -0.15) is 18.4 Å². The summed E-state index contributed by atoms with van der Waals surface area (Å²) in [6.45, 7) is 0. The van der Waals surface area contributed by atoms with Crippen LogP contribution < -0.4 is 0 Å². The monoisotopic (exact) mass is 427 g/mol. The number of hydrogen-bond acceptors (Lipinski definition) is 2. The fourth-order valence-electron chi connectivity index (χ4n) is 2.25. The Kier molecular flexibility index (Phi) is 5.83. The number of carbonyl (C=O) groups is 1. The number of carboxylic acid groups (broad SMARTS) is 1. The second kappa shape index (κ2) is 7.70. The van der Waals surface area contributed by atoms with Crippen LogP contribution in [0.15, 0.2) is 46.9 Å². The lowest BCUT2D eigenvalue weighted by Gasteiger charge is -2.17. The zero-order chi connectivity index (χ0) is 19.5. The number of hydrogen-bond donors (Lipinski definition) is 1. The van der Waals surface area contributed by atoms with Gasteiger partial charge in [-0.15, -0.1) is 0 Å². The third-order valence-electron chi connectivity index (χ3n) is 3.53. The van der Waals surface area contributed by atoms with Crippen LogP contribution in [0.3, 0.4) is 0 Å². The number of aromatic carboxylic acids is 1. The lowest BCUT2D eigenvalue weighted by molar-refractivity contribution is -0.139. The highest BCUT2D eigenvalue weighted by molar-refractivity contribution is 9.10. The van der Waals surface area contributed by atoms with Gasteiger partial charge in [-0.3, -0.25) is 0 Å². The van der Waals surface area contributed by atoms with Crippen LogP contribution in [-0.2, 0) is 0 Å². The molecule has 2 aromatic carbocycles. The molecule has 2 rings (SSSR count). The van der Waals surface area contributed by atoms with E-state index in [2.05, 4.69) is 15.9 Å². The molecule has 2 aromatic rings. The molecule has 1 unspecified atom stereocenters. The van der Waals surface area contributed by atoms with E-state index in [9.17, 15) is 22.4 Å². The van der Waals surface area contributed by atoms with Gasteiger partial charge in [-0.05, 0) is 51.3 Å². The van der Waals surface area contributed by atoms with Crippen molar-refractivity contribution < 1.29 is 27.5 Å². The molecule has 0 saturated heterocycles. The molecule has 1 N–H and O–H groups in total. The van der Waals surface area contributed by atoms with Crippen LogP contribution in [0.2, 0.25) is 0 Å². The first-order chi connectivity index (χ1) is 12.1. The van der Waals surface area contributed by atoms with Crippen molar-refractivity contribution in [1.29, 1.82) is 5.26 Å². The molecule has 0 aliphatic carbocycles. The summed E-state index contributed by atoms with van der Waals surface area (Å²) in [5, 5.41) is 17.7. The molecule has 8 heteroatoms. The van der Waals surface area contributed by atoms with Crippen LogP contribution in [-0.4, -0.2) is 17.3 Å². The van der Waals surface area contributed by atoms with Gasteiger partial charge in [0.15, 0.2) is 0 Å². The van der Waals surface area contributed by atoms with E-state index in [0.29, 0.717) is 5.56 Å². The lowest BCUT2D eigenvalue weighted by Crippen LogP contribution is -2.19. The topological polar surface area (TPSA) is 61.1 Å². The predicted octanol–water partition coefficient (Wildman–Crippen LogP) is 5.52. The highest BCUT2D eigenvalue weighted by Crippen LogP contribution is 2.37. The van der Waals surface area contributed by atoms with Crippen molar-refractivity contribution in [2.45, 2.75) is 12.1 Å². The molecular formula is C18H10BrF4NO2. The molecule has 0 spiro atoms. The van der Waals surface area contributed by atoms with Gasteiger partial charge in [0.1, 0.15) is 11.9 Å². The maximum absolute atomic E-state index is 13.4. The molecule has 0 radical (unpaired) electrons. The third kappa shape index (κ3) is 4.49. The number of nitrogens with zero attached hydrogens (tertiary/aromatic N) is 1. The van der Waals surface area contributed by atoms with Crippen molar-refractivity contribution in [2.24, 2.45) is 0 Å². The number of allylic oxidation sites excluding steroid dienone is 1. The number of nitriles is 1. The fraction of sp³-hybridized carbons (Fsp3) is 0.111. The normalized spacial score (nSPS) is 12.8. The maximum atomic E-state index is 13.4. The summed E-state index contributed by atoms with van der Waals surface area (Å²) >= 11 is 3.05. The number of alkyl halides is 3. The first-order valence-corrected chi connectivity index (χ1v) is 7.90. The van der Waals surface area contributed by atoms with E-state index >= 15 is 0 Å². The van der Waals surface area contributed by atoms with Crippen molar-refractivity contribution in [3.05, 3.63) is 75.0 Å². The average molecular weight is 428 g/mol. The Labute approximate surface area is 154 Å². The van der Waals surface area contributed by atoms with E-state index in [4.69, 9.17) is 10.4 Å². The lowest BCUT2D eigenvalue weighted by atomic mass is 9.95. The quantitative estimate of drug-likeness (QED) is 0.653. The minimum atomic E-state index is -4.65. The Balaban J connectivity index is 2.41. The van der Waals surface area contributed by atoms with E-state index < -0.39 is 29.4 Å². The molecule has 0 aromatic heterocycles. The van der Waals surface area contributed by atoms with Crippen LogP contribution in [0.25, 0.3) is 6.08 Å². The van der Waals surface area contributed by atoms with Crippen LogP contribution in [0.5, 0.6) is 0 Å². The third-order valence-corrected chi connectivity index (χ3v) is 4.18. The standard InChI is InChI=1S/C18H10BrF4NO2/c19-15-7-10(1-4-13(15)17(25)26)2-5-14(18(21,22)23)11-3-6-16(20)12(8-11)9-24/h1-8,14H,(H,25,26). The summed E-state index contributed by atoms with van der Waals surface area (Å²) in [5.74, 6) is -4.11. The molecule has 26 heavy (non-hydrogen) atoms. The first kappa shape index (κ1) is 19.7. The number of carboxylic acids is 1. The second-order valence-corrected chi connectivity index (χ2v) is 6.13. The van der Waals surface area contributed by atoms with E-state index in [1.54, 1.807) is 0 Å². The molecule has 0 bridgehead atoms. The Morgan fingerprint density at radius 3 is 2.46 bits per heavy atom. The molecule has 0 saturated carbocycles. The van der Waals surface area contributed by atoms with Gasteiger partial charge in [-0.1, -0.05) is 24.3 Å². The molecule has 0 fully saturated rings. The highest BCUT2D eigenvalue weighted by Gasteiger charge is 2.39. The Hall–Kier alpha value is -2.66. The summed E-state index contributed by atoms with van der Waals surface area (Å²) < 4.78 is 53.7. The molecule has 3 nitrogen and oxygen atoms in total. The van der Waals surface area contributed by atoms with Crippen LogP contribution in [0, 0.1) is 17.1 Å². The summed E-state index contributed by atoms with van der Waals surface area (Å²) in [6.07, 6.45) is -2.60. The summed E-state index contributed by atoms with van der Waals surface area (Å²) in [5.41, 5.74) is -0.419. The van der Waals surface area contributed by atoms with Crippen molar-refractivity contribution in [3.63, 3.8) is 0 Å². The maximum Gasteiger partial charge on any atom is 0.399 e. The van der Waals surface area contributed by atoms with Crippen LogP contribution in [0.1, 0.15) is 33.0 Å². The van der Waals surface area contributed by atoms with Gasteiger partial charge in [0.25, 0.3) is 0 Å². The number of halogens is 5. The molecule has 1 atom stereocenters. The van der Waals surface area contributed by atoms with Gasteiger partial charge in [0.05, 0.1) is 17.0 Å². The number of benzene rings is 2. The minimum absolute atomic E-state index is 0.0216. The SMILES string of the molecule is N#Cc1cc(C(C=Cc2ccc(C(=O)O)c(Br)c2)C(F)(F)F)ccc1F. The first-order valence-electron chi connectivity index (χ1n) is 7.11. The van der Waals surface area contributed by atoms with E-state index in [1.165, 1.54) is 30.3 Å². The summed E-state index contributed by atoms with van der Waals surface area (Å²) in [7, 11) is 0. The van der Waals surface area contributed by atoms with Crippen molar-refractivity contribution in [1.82, 2.24) is 0 Å². The van der Waals surface area contributed by atoms with Crippen molar-refractivity contribution in [2.75, 3.05) is 0 Å². The van der Waals surface area contributed by atoms with Gasteiger partial charge in [0.2, 0.25) is 0 Å². The largest absolute Gasteiger partial charge is 0.478 e. The van der Waals surface area contributed by atoms with Gasteiger partial charge in [-0.25, -0.2) is 9.18 Å².